The van der Waals surface area contributed by atoms with Gasteiger partial charge in [0.25, 0.3) is 0 Å². The van der Waals surface area contributed by atoms with E-state index in [1.54, 1.807) is 7.05 Å². The summed E-state index contributed by atoms with van der Waals surface area (Å²) in [6.07, 6.45) is 4.15. The van der Waals surface area contributed by atoms with Gasteiger partial charge in [-0.25, -0.2) is 0 Å². The maximum absolute atomic E-state index is 11.6. The van der Waals surface area contributed by atoms with Gasteiger partial charge in [0.1, 0.15) is 0 Å². The first-order valence-electron chi connectivity index (χ1n) is 5.84. The highest BCUT2D eigenvalue weighted by Gasteiger charge is 2.35. The average Bonchev–Trinajstić information content (AvgIpc) is 2.56. The normalized spacial score (nSPS) is 31.2. The predicted molar refractivity (Wildman–Crippen MR) is 64.3 cm³/mol. The maximum atomic E-state index is 11.6. The van der Waals surface area contributed by atoms with Crippen molar-refractivity contribution >= 4 is 23.6 Å². The first-order valence-corrected chi connectivity index (χ1v) is 6.89. The summed E-state index contributed by atoms with van der Waals surface area (Å²) in [4.78, 5) is 24.2. The van der Waals surface area contributed by atoms with Crippen molar-refractivity contribution in [1.29, 1.82) is 0 Å². The lowest BCUT2D eigenvalue weighted by molar-refractivity contribution is -0.137. The quantitative estimate of drug-likeness (QED) is 0.737. The number of thioether (sulfide) groups is 1. The van der Waals surface area contributed by atoms with Crippen LogP contribution in [0.25, 0.3) is 0 Å². The van der Waals surface area contributed by atoms with Crippen molar-refractivity contribution < 1.29 is 9.59 Å². The summed E-state index contributed by atoms with van der Waals surface area (Å²) in [5.41, 5.74) is 0. The smallest absolute Gasteiger partial charge is 0.246 e. The van der Waals surface area contributed by atoms with Gasteiger partial charge >= 0.3 is 0 Å². The Bertz CT molecular complexity index is 290. The number of imide groups is 1. The van der Waals surface area contributed by atoms with Crippen LogP contribution in [-0.4, -0.2) is 47.4 Å². The lowest BCUT2D eigenvalue weighted by atomic mass is 10.1. The molecule has 0 saturated carbocycles. The highest BCUT2D eigenvalue weighted by Crippen LogP contribution is 2.24. The van der Waals surface area contributed by atoms with Crippen molar-refractivity contribution in [2.75, 3.05) is 19.3 Å². The minimum absolute atomic E-state index is 0.0706. The zero-order valence-corrected chi connectivity index (χ0v) is 10.4. The van der Waals surface area contributed by atoms with Crippen LogP contribution in [0, 0.1) is 0 Å². The van der Waals surface area contributed by atoms with E-state index < -0.39 is 0 Å². The molecular formula is C11H18N2O2S. The second-order valence-electron chi connectivity index (χ2n) is 4.44. The predicted octanol–water partition coefficient (Wildman–Crippen LogP) is 0.619. The minimum Gasteiger partial charge on any atom is -0.304 e. The molecule has 2 heterocycles. The molecule has 2 aliphatic heterocycles. The van der Waals surface area contributed by atoms with Crippen molar-refractivity contribution in [2.45, 2.75) is 37.0 Å². The second kappa shape index (κ2) is 5.19. The van der Waals surface area contributed by atoms with Crippen molar-refractivity contribution in [1.82, 2.24) is 10.2 Å². The fourth-order valence-corrected chi connectivity index (χ4v) is 3.41. The van der Waals surface area contributed by atoms with Crippen molar-refractivity contribution in [2.24, 2.45) is 0 Å². The molecule has 4 nitrogen and oxygen atoms in total. The number of nitrogens with one attached hydrogen (secondary N) is 1. The monoisotopic (exact) mass is 242 g/mol. The molecule has 0 aromatic rings. The SMILES string of the molecule is CN1C(=O)CC(NCC2CCCCS2)C1=O. The van der Waals surface area contributed by atoms with Gasteiger partial charge in [0.05, 0.1) is 12.5 Å². The van der Waals surface area contributed by atoms with Gasteiger partial charge < -0.3 is 5.32 Å². The molecular weight excluding hydrogens is 224 g/mol. The molecule has 2 amide bonds. The molecule has 2 fully saturated rings. The Morgan fingerprint density at radius 3 is 2.81 bits per heavy atom. The number of hydrogen-bond acceptors (Lipinski definition) is 4. The van der Waals surface area contributed by atoms with Crippen molar-refractivity contribution in [3.63, 3.8) is 0 Å². The molecule has 2 saturated heterocycles. The molecule has 0 aromatic carbocycles. The van der Waals surface area contributed by atoms with Crippen molar-refractivity contribution in [3.05, 3.63) is 0 Å². The van der Waals surface area contributed by atoms with E-state index in [0.29, 0.717) is 11.7 Å². The van der Waals surface area contributed by atoms with Gasteiger partial charge in [-0.05, 0) is 18.6 Å². The molecule has 16 heavy (non-hydrogen) atoms. The number of amides is 2. The summed E-state index contributed by atoms with van der Waals surface area (Å²) in [7, 11) is 1.56. The number of likely N-dealkylation sites (N-methyl/N-ethyl adjacent to an activating group) is 1. The average molecular weight is 242 g/mol. The van der Waals surface area contributed by atoms with E-state index in [2.05, 4.69) is 5.32 Å². The Morgan fingerprint density at radius 2 is 2.25 bits per heavy atom. The van der Waals surface area contributed by atoms with Gasteiger partial charge in [-0.15, -0.1) is 0 Å². The highest BCUT2D eigenvalue weighted by atomic mass is 32.2. The lowest BCUT2D eigenvalue weighted by Gasteiger charge is -2.22. The van der Waals surface area contributed by atoms with Gasteiger partial charge in [-0.1, -0.05) is 6.42 Å². The van der Waals surface area contributed by atoms with Crippen LogP contribution >= 0.6 is 11.8 Å². The number of rotatable bonds is 3. The Morgan fingerprint density at radius 1 is 1.44 bits per heavy atom. The van der Waals surface area contributed by atoms with Gasteiger partial charge in [-0.2, -0.15) is 11.8 Å². The molecule has 0 bridgehead atoms. The lowest BCUT2D eigenvalue weighted by Crippen LogP contribution is -2.40. The summed E-state index contributed by atoms with van der Waals surface area (Å²) in [5.74, 6) is 1.08. The van der Waals surface area contributed by atoms with E-state index in [1.165, 1.54) is 29.9 Å². The number of hydrogen-bond donors (Lipinski definition) is 1. The van der Waals surface area contributed by atoms with Crippen LogP contribution in [0.1, 0.15) is 25.7 Å². The third kappa shape index (κ3) is 2.58. The molecule has 2 aliphatic rings. The van der Waals surface area contributed by atoms with Gasteiger partial charge in [-0.3, -0.25) is 14.5 Å². The highest BCUT2D eigenvalue weighted by molar-refractivity contribution is 7.99. The Hall–Kier alpha value is -0.550. The van der Waals surface area contributed by atoms with Crippen LogP contribution < -0.4 is 5.32 Å². The number of nitrogens with zero attached hydrogens (tertiary/aromatic N) is 1. The maximum Gasteiger partial charge on any atom is 0.246 e. The summed E-state index contributed by atoms with van der Waals surface area (Å²) >= 11 is 1.98. The molecule has 2 atom stereocenters. The zero-order valence-electron chi connectivity index (χ0n) is 9.57. The Balaban J connectivity index is 1.77. The molecule has 2 rings (SSSR count). The Labute approximate surface area is 100 Å². The fraction of sp³-hybridized carbons (Fsp3) is 0.818. The van der Waals surface area contributed by atoms with Crippen LogP contribution in [0.4, 0.5) is 0 Å². The first kappa shape index (κ1) is 11.9. The molecule has 0 aliphatic carbocycles. The van der Waals surface area contributed by atoms with Crippen LogP contribution in [0.2, 0.25) is 0 Å². The van der Waals surface area contributed by atoms with Crippen LogP contribution in [0.3, 0.4) is 0 Å². The minimum atomic E-state index is -0.278. The molecule has 2 unspecified atom stereocenters. The van der Waals surface area contributed by atoms with E-state index in [1.807, 2.05) is 11.8 Å². The van der Waals surface area contributed by atoms with Crippen LogP contribution in [0.15, 0.2) is 0 Å². The number of carbonyl (C=O) groups excluding carboxylic acids is 2. The molecule has 0 radical (unpaired) electrons. The third-order valence-electron chi connectivity index (χ3n) is 3.25. The molecule has 90 valence electrons. The van der Waals surface area contributed by atoms with Gasteiger partial charge in [0, 0.05) is 18.8 Å². The molecule has 1 N–H and O–H groups in total. The number of likely N-dealkylation sites (tertiary alicyclic amines) is 1. The fourth-order valence-electron chi connectivity index (χ4n) is 2.16. The second-order valence-corrected chi connectivity index (χ2v) is 5.85. The Kier molecular flexibility index (Phi) is 3.86. The topological polar surface area (TPSA) is 49.4 Å². The van der Waals surface area contributed by atoms with E-state index in [-0.39, 0.29) is 17.9 Å². The summed E-state index contributed by atoms with van der Waals surface area (Å²) < 4.78 is 0. The van der Waals surface area contributed by atoms with E-state index in [0.717, 1.165) is 6.54 Å². The number of carbonyl (C=O) groups is 2. The van der Waals surface area contributed by atoms with Crippen molar-refractivity contribution in [3.8, 4) is 0 Å². The van der Waals surface area contributed by atoms with E-state index in [4.69, 9.17) is 0 Å². The largest absolute Gasteiger partial charge is 0.304 e. The van der Waals surface area contributed by atoms with Gasteiger partial charge in [0.2, 0.25) is 11.8 Å². The molecule has 0 spiro atoms. The summed E-state index contributed by atoms with van der Waals surface area (Å²) in [6.45, 7) is 0.849. The summed E-state index contributed by atoms with van der Waals surface area (Å²) in [5, 5.41) is 3.84. The van der Waals surface area contributed by atoms with Gasteiger partial charge in [0.15, 0.2) is 0 Å². The van der Waals surface area contributed by atoms with E-state index >= 15 is 0 Å². The van der Waals surface area contributed by atoms with Crippen LogP contribution in [-0.2, 0) is 9.59 Å². The zero-order chi connectivity index (χ0) is 11.5. The third-order valence-corrected chi connectivity index (χ3v) is 4.65. The standard InChI is InChI=1S/C11H18N2O2S/c1-13-10(14)6-9(11(13)15)12-7-8-4-2-3-5-16-8/h8-9,12H,2-7H2,1H3. The van der Waals surface area contributed by atoms with E-state index in [9.17, 15) is 9.59 Å². The summed E-state index contributed by atoms with van der Waals surface area (Å²) in [6, 6.07) is -0.278. The molecule has 0 aromatic heterocycles. The molecule has 5 heteroatoms. The first-order chi connectivity index (χ1) is 7.68. The van der Waals surface area contributed by atoms with Crippen LogP contribution in [0.5, 0.6) is 0 Å².